The molecule has 6 saturated carbocycles. The summed E-state index contributed by atoms with van der Waals surface area (Å²) in [5, 5.41) is 9.35. The van der Waals surface area contributed by atoms with Crippen LogP contribution in [-0.4, -0.2) is 43.2 Å². The smallest absolute Gasteiger partial charge is 0.303 e. The first-order valence-electron chi connectivity index (χ1n) is 24.0. The molecule has 314 valence electrons. The zero-order valence-corrected chi connectivity index (χ0v) is 36.6. The quantitative estimate of drug-likeness (QED) is 0.239. The lowest BCUT2D eigenvalue weighted by molar-refractivity contribution is -0.139. The van der Waals surface area contributed by atoms with Gasteiger partial charge >= 0.3 is 5.97 Å². The molecule has 5 nitrogen and oxygen atoms in total. The number of nitrogens with zero attached hydrogens (tertiary/aromatic N) is 1. The van der Waals surface area contributed by atoms with E-state index in [0.29, 0.717) is 71.1 Å². The number of fused-ring (bicyclic) bond motifs is 9. The third-order valence-electron chi connectivity index (χ3n) is 19.1. The summed E-state index contributed by atoms with van der Waals surface area (Å²) in [6.45, 7) is 11.3. The normalized spacial score (nSPS) is 40.7. The summed E-state index contributed by atoms with van der Waals surface area (Å²) in [5.74, 6) is 14.1. The molecule has 1 N–H and O–H groups in total. The molecule has 0 aromatic heterocycles. The summed E-state index contributed by atoms with van der Waals surface area (Å²) in [6, 6.07) is 9.54. The molecule has 8 aliphatic rings. The largest absolute Gasteiger partial charge is 0.481 e. The zero-order valence-electron chi connectivity index (χ0n) is 36.6. The number of rotatable bonds is 10. The van der Waals surface area contributed by atoms with Crippen LogP contribution in [-0.2, 0) is 14.3 Å². The van der Waals surface area contributed by atoms with Crippen molar-refractivity contribution in [3.63, 3.8) is 0 Å². The Labute approximate surface area is 350 Å². The molecule has 13 unspecified atom stereocenters. The van der Waals surface area contributed by atoms with Gasteiger partial charge < -0.3 is 14.7 Å². The predicted octanol–water partition coefficient (Wildman–Crippen LogP) is 11.8. The van der Waals surface area contributed by atoms with E-state index in [2.05, 4.69) is 68.8 Å². The molecule has 58 heavy (non-hydrogen) atoms. The van der Waals surface area contributed by atoms with Crippen LogP contribution >= 0.6 is 0 Å². The molecule has 9 rings (SSSR count). The highest BCUT2D eigenvalue weighted by atomic mass is 16.5. The van der Waals surface area contributed by atoms with Gasteiger partial charge in [0.25, 0.3) is 0 Å². The number of benzene rings is 1. The van der Waals surface area contributed by atoms with Gasteiger partial charge in [0.05, 0.1) is 12.7 Å². The summed E-state index contributed by atoms with van der Waals surface area (Å²) in [6.07, 6.45) is 23.0. The molecule has 0 spiro atoms. The minimum absolute atomic E-state index is 0.318. The number of hydrogen-bond acceptors (Lipinski definition) is 4. The van der Waals surface area contributed by atoms with Crippen LogP contribution in [0, 0.1) is 81.8 Å². The number of carboxylic acids is 1. The molecule has 0 amide bonds. The van der Waals surface area contributed by atoms with E-state index < -0.39 is 5.97 Å². The van der Waals surface area contributed by atoms with E-state index in [-0.39, 0.29) is 0 Å². The first kappa shape index (κ1) is 40.6. The summed E-state index contributed by atoms with van der Waals surface area (Å²) < 4.78 is 6.75. The van der Waals surface area contributed by atoms with E-state index in [1.165, 1.54) is 100 Å². The Bertz CT molecular complexity index is 1850. The van der Waals surface area contributed by atoms with Gasteiger partial charge in [-0.05, 0) is 209 Å². The van der Waals surface area contributed by atoms with Gasteiger partial charge in [-0.2, -0.15) is 0 Å². The van der Waals surface area contributed by atoms with Gasteiger partial charge in [-0.15, -0.1) is 5.92 Å². The molecule has 1 aromatic rings. The van der Waals surface area contributed by atoms with E-state index in [9.17, 15) is 14.7 Å². The fraction of sp³-hybridized carbons (Fsp3) is 0.736. The van der Waals surface area contributed by atoms with Crippen LogP contribution < -0.4 is 4.90 Å². The minimum atomic E-state index is -0.639. The Hall–Kier alpha value is -2.84. The van der Waals surface area contributed by atoms with Gasteiger partial charge in [0.1, 0.15) is 0 Å². The number of anilines is 1. The van der Waals surface area contributed by atoms with Crippen LogP contribution in [0.25, 0.3) is 0 Å². The lowest BCUT2D eigenvalue weighted by Crippen LogP contribution is -2.54. The van der Waals surface area contributed by atoms with Gasteiger partial charge in [-0.25, -0.2) is 0 Å². The molecule has 6 fully saturated rings. The van der Waals surface area contributed by atoms with Crippen molar-refractivity contribution in [3.05, 3.63) is 52.6 Å². The molecule has 0 radical (unpaired) electrons. The topological polar surface area (TPSA) is 66.8 Å². The van der Waals surface area contributed by atoms with E-state index in [1.54, 1.807) is 11.1 Å². The second-order valence-corrected chi connectivity index (χ2v) is 21.5. The van der Waals surface area contributed by atoms with Crippen LogP contribution in [0.5, 0.6) is 0 Å². The molecular formula is C53H73NO4. The van der Waals surface area contributed by atoms with E-state index in [1.807, 2.05) is 13.0 Å². The fourth-order valence-corrected chi connectivity index (χ4v) is 16.3. The zero-order chi connectivity index (χ0) is 40.3. The number of carboxylic acid groups (broad SMARTS) is 1. The number of hydrogen-bond donors (Lipinski definition) is 1. The Balaban J connectivity index is 0.808. The Morgan fingerprint density at radius 1 is 0.897 bits per heavy atom. The van der Waals surface area contributed by atoms with Crippen LogP contribution in [0.2, 0.25) is 0 Å². The summed E-state index contributed by atoms with van der Waals surface area (Å²) in [4.78, 5) is 26.2. The highest BCUT2D eigenvalue weighted by Crippen LogP contribution is 2.68. The second-order valence-electron chi connectivity index (χ2n) is 21.5. The van der Waals surface area contributed by atoms with Gasteiger partial charge in [0.15, 0.2) is 5.78 Å². The van der Waals surface area contributed by atoms with Crippen molar-refractivity contribution in [2.75, 3.05) is 25.1 Å². The van der Waals surface area contributed by atoms with Crippen molar-refractivity contribution in [2.24, 2.45) is 70.0 Å². The standard InChI is InChI=1S/C53H73NO4/c1-6-7-34-11-17-42-43-18-12-36-30-39(55)16-20-41(36)51(43)46(32-45(34)42)35-9-14-38(15-10-35)54(5)28-29-58-40-24-26-52(3)37(31-40)13-19-44-48-22-21-47(33(2)8-23-50(56)57)53(48,4)27-25-49(44)52/h9-10,14-15,30,33-34,37,40,42-49H,8,11-13,16-29,31-32H2,1-5H3,(H,56,57)/t33?,34?,37?,40?,42?,43?,44?,45?,46-,47?,48?,49?,52?,53?/m1/s1. The number of likely N-dealkylation sites (N-methyl/N-ethyl adjacent to an activating group) is 1. The number of allylic oxidation sites excluding steroid dienone is 4. The minimum Gasteiger partial charge on any atom is -0.481 e. The summed E-state index contributed by atoms with van der Waals surface area (Å²) in [7, 11) is 2.23. The average Bonchev–Trinajstić information content (AvgIpc) is 3.80. The van der Waals surface area contributed by atoms with Crippen molar-refractivity contribution in [3.8, 4) is 11.8 Å². The van der Waals surface area contributed by atoms with E-state index >= 15 is 0 Å². The maximum absolute atomic E-state index is 12.5. The Kier molecular flexibility index (Phi) is 11.3. The monoisotopic (exact) mass is 788 g/mol. The van der Waals surface area contributed by atoms with E-state index in [0.717, 1.165) is 62.0 Å². The van der Waals surface area contributed by atoms with Gasteiger partial charge in [-0.3, -0.25) is 9.59 Å². The van der Waals surface area contributed by atoms with Crippen molar-refractivity contribution < 1.29 is 19.4 Å². The van der Waals surface area contributed by atoms with Crippen LogP contribution in [0.3, 0.4) is 0 Å². The highest BCUT2D eigenvalue weighted by molar-refractivity contribution is 5.93. The Morgan fingerprint density at radius 2 is 1.67 bits per heavy atom. The molecule has 0 bridgehead atoms. The molecule has 0 heterocycles. The van der Waals surface area contributed by atoms with Gasteiger partial charge in [-0.1, -0.05) is 44.4 Å². The number of carbonyl (C=O) groups is 2. The summed E-state index contributed by atoms with van der Waals surface area (Å²) >= 11 is 0. The third kappa shape index (κ3) is 7.16. The van der Waals surface area contributed by atoms with Crippen molar-refractivity contribution in [2.45, 2.75) is 155 Å². The maximum atomic E-state index is 12.5. The third-order valence-corrected chi connectivity index (χ3v) is 19.1. The molecular weight excluding hydrogens is 715 g/mol. The van der Waals surface area contributed by atoms with Crippen LogP contribution in [0.4, 0.5) is 5.69 Å². The number of carbonyl (C=O) groups excluding carboxylic acids is 1. The highest BCUT2D eigenvalue weighted by Gasteiger charge is 2.60. The second kappa shape index (κ2) is 16.2. The molecule has 5 heteroatoms. The van der Waals surface area contributed by atoms with Crippen LogP contribution in [0.15, 0.2) is 47.1 Å². The lowest BCUT2D eigenvalue weighted by Gasteiger charge is -2.61. The van der Waals surface area contributed by atoms with Gasteiger partial charge in [0, 0.05) is 44.0 Å². The molecule has 0 saturated heterocycles. The van der Waals surface area contributed by atoms with Crippen molar-refractivity contribution in [1.82, 2.24) is 0 Å². The number of ketones is 1. The van der Waals surface area contributed by atoms with Crippen molar-refractivity contribution >= 4 is 17.4 Å². The molecule has 1 aromatic carbocycles. The molecule has 14 atom stereocenters. The van der Waals surface area contributed by atoms with Crippen molar-refractivity contribution in [1.29, 1.82) is 0 Å². The first-order chi connectivity index (χ1) is 28.0. The van der Waals surface area contributed by atoms with E-state index in [4.69, 9.17) is 4.74 Å². The molecule has 8 aliphatic carbocycles. The Morgan fingerprint density at radius 3 is 2.47 bits per heavy atom. The lowest BCUT2D eigenvalue weighted by atomic mass is 9.44. The number of ether oxygens (including phenoxy) is 1. The van der Waals surface area contributed by atoms with Gasteiger partial charge in [0.2, 0.25) is 0 Å². The summed E-state index contributed by atoms with van der Waals surface area (Å²) in [5.41, 5.74) is 8.14. The maximum Gasteiger partial charge on any atom is 0.303 e. The average molecular weight is 788 g/mol. The van der Waals surface area contributed by atoms with Crippen LogP contribution in [0.1, 0.15) is 155 Å². The molecule has 0 aliphatic heterocycles. The SMILES string of the molecule is CC#CC1CCC2C3CCC4=CC(=O)CCC4=C3[C@@H](c3ccc(N(C)CCOC4CCC5(C)C(CCC6C5CCC5(C)C(C(C)CCC(=O)O)CCC65)C4)cc3)CC12. The number of aliphatic carboxylic acids is 1. The first-order valence-corrected chi connectivity index (χ1v) is 24.0. The predicted molar refractivity (Wildman–Crippen MR) is 233 cm³/mol. The fourth-order valence-electron chi connectivity index (χ4n) is 16.3.